The molecule has 1 saturated carbocycles. The summed E-state index contributed by atoms with van der Waals surface area (Å²) in [5, 5.41) is 0. The Balaban J connectivity index is 2.21. The highest BCUT2D eigenvalue weighted by Gasteiger charge is 2.27. The number of methoxy groups -OCH3 is 1. The summed E-state index contributed by atoms with van der Waals surface area (Å²) in [5.74, 6) is 0.915. The van der Waals surface area contributed by atoms with Crippen molar-refractivity contribution in [1.82, 2.24) is 4.90 Å². The summed E-state index contributed by atoms with van der Waals surface area (Å²) in [5.41, 5.74) is 0.713. The summed E-state index contributed by atoms with van der Waals surface area (Å²) in [6.07, 6.45) is 3.20. The van der Waals surface area contributed by atoms with Gasteiger partial charge in [-0.3, -0.25) is 4.79 Å². The van der Waals surface area contributed by atoms with Crippen LogP contribution < -0.4 is 4.74 Å². The normalized spacial score (nSPS) is 16.2. The fraction of sp³-hybridized carbons (Fsp3) is 0.500. The SMILES string of the molecule is COc1ccc(F)cc1C(C)N(C=O)CC1CC1. The van der Waals surface area contributed by atoms with E-state index in [2.05, 4.69) is 0 Å². The summed E-state index contributed by atoms with van der Waals surface area (Å²) in [6.45, 7) is 2.64. The number of halogens is 1. The molecule has 1 aliphatic carbocycles. The van der Waals surface area contributed by atoms with E-state index in [1.54, 1.807) is 18.1 Å². The zero-order valence-corrected chi connectivity index (χ0v) is 10.7. The zero-order chi connectivity index (χ0) is 13.1. The van der Waals surface area contributed by atoms with Gasteiger partial charge < -0.3 is 9.64 Å². The first-order valence-corrected chi connectivity index (χ1v) is 6.20. The van der Waals surface area contributed by atoms with E-state index in [1.165, 1.54) is 25.0 Å². The first-order valence-electron chi connectivity index (χ1n) is 6.20. The second-order valence-corrected chi connectivity index (χ2v) is 4.81. The maximum atomic E-state index is 13.3. The Labute approximate surface area is 107 Å². The number of hydrogen-bond donors (Lipinski definition) is 0. The molecular formula is C14H18FNO2. The van der Waals surface area contributed by atoms with Gasteiger partial charge in [-0.25, -0.2) is 4.39 Å². The van der Waals surface area contributed by atoms with Gasteiger partial charge in [0.1, 0.15) is 11.6 Å². The summed E-state index contributed by atoms with van der Waals surface area (Å²) >= 11 is 0. The lowest BCUT2D eigenvalue weighted by atomic mass is 10.1. The van der Waals surface area contributed by atoms with E-state index in [-0.39, 0.29) is 11.9 Å². The molecule has 1 fully saturated rings. The maximum absolute atomic E-state index is 13.3. The van der Waals surface area contributed by atoms with Crippen molar-refractivity contribution in [2.75, 3.05) is 13.7 Å². The van der Waals surface area contributed by atoms with E-state index in [9.17, 15) is 9.18 Å². The van der Waals surface area contributed by atoms with Crippen molar-refractivity contribution in [2.24, 2.45) is 5.92 Å². The number of nitrogens with zero attached hydrogens (tertiary/aromatic N) is 1. The molecule has 3 nitrogen and oxygen atoms in total. The largest absolute Gasteiger partial charge is 0.496 e. The Hall–Kier alpha value is -1.58. The fourth-order valence-corrected chi connectivity index (χ4v) is 2.10. The Kier molecular flexibility index (Phi) is 3.84. The summed E-state index contributed by atoms with van der Waals surface area (Å²) in [6, 6.07) is 4.23. The lowest BCUT2D eigenvalue weighted by molar-refractivity contribution is -0.120. The highest BCUT2D eigenvalue weighted by Crippen LogP contribution is 2.34. The Bertz CT molecular complexity index is 432. The van der Waals surface area contributed by atoms with Crippen molar-refractivity contribution in [2.45, 2.75) is 25.8 Å². The predicted molar refractivity (Wildman–Crippen MR) is 66.9 cm³/mol. The Morgan fingerprint density at radius 3 is 2.83 bits per heavy atom. The second-order valence-electron chi connectivity index (χ2n) is 4.81. The van der Waals surface area contributed by atoms with Crippen LogP contribution in [0.1, 0.15) is 31.4 Å². The number of hydrogen-bond acceptors (Lipinski definition) is 2. The number of ether oxygens (including phenoxy) is 1. The molecule has 0 heterocycles. The lowest BCUT2D eigenvalue weighted by Crippen LogP contribution is -2.28. The van der Waals surface area contributed by atoms with Crippen molar-refractivity contribution in [3.05, 3.63) is 29.6 Å². The van der Waals surface area contributed by atoms with Gasteiger partial charge in [-0.15, -0.1) is 0 Å². The van der Waals surface area contributed by atoms with Crippen molar-refractivity contribution < 1.29 is 13.9 Å². The molecular weight excluding hydrogens is 233 g/mol. The molecule has 0 aromatic heterocycles. The van der Waals surface area contributed by atoms with Gasteiger partial charge in [-0.05, 0) is 43.9 Å². The maximum Gasteiger partial charge on any atom is 0.210 e. The minimum Gasteiger partial charge on any atom is -0.496 e. The quantitative estimate of drug-likeness (QED) is 0.728. The molecule has 18 heavy (non-hydrogen) atoms. The number of rotatable bonds is 6. The molecule has 1 aliphatic rings. The average Bonchev–Trinajstić information content (AvgIpc) is 3.19. The summed E-state index contributed by atoms with van der Waals surface area (Å²) in [7, 11) is 1.55. The number of carbonyl (C=O) groups excluding carboxylic acids is 1. The molecule has 1 amide bonds. The zero-order valence-electron chi connectivity index (χ0n) is 10.7. The number of amides is 1. The summed E-state index contributed by atoms with van der Waals surface area (Å²) < 4.78 is 18.6. The van der Waals surface area contributed by atoms with Crippen molar-refractivity contribution in [1.29, 1.82) is 0 Å². The summed E-state index contributed by atoms with van der Waals surface area (Å²) in [4.78, 5) is 12.9. The van der Waals surface area contributed by atoms with Gasteiger partial charge in [0.25, 0.3) is 0 Å². The van der Waals surface area contributed by atoms with Gasteiger partial charge in [0.05, 0.1) is 13.2 Å². The van der Waals surface area contributed by atoms with Crippen LogP contribution in [0.4, 0.5) is 4.39 Å². The Morgan fingerprint density at radius 2 is 2.28 bits per heavy atom. The predicted octanol–water partition coefficient (Wildman–Crippen LogP) is 2.76. The highest BCUT2D eigenvalue weighted by molar-refractivity contribution is 5.50. The molecule has 0 bridgehead atoms. The van der Waals surface area contributed by atoms with Crippen LogP contribution in [0.2, 0.25) is 0 Å². The molecule has 0 N–H and O–H groups in total. The third-order valence-corrected chi connectivity index (χ3v) is 3.44. The van der Waals surface area contributed by atoms with Crippen LogP contribution in [0.3, 0.4) is 0 Å². The van der Waals surface area contributed by atoms with Crippen molar-refractivity contribution >= 4 is 6.41 Å². The second kappa shape index (κ2) is 5.38. The van der Waals surface area contributed by atoms with Gasteiger partial charge >= 0.3 is 0 Å². The lowest BCUT2D eigenvalue weighted by Gasteiger charge is -2.26. The van der Waals surface area contributed by atoms with Crippen LogP contribution in [0.25, 0.3) is 0 Å². The van der Waals surface area contributed by atoms with E-state index in [4.69, 9.17) is 4.74 Å². The highest BCUT2D eigenvalue weighted by atomic mass is 19.1. The topological polar surface area (TPSA) is 29.5 Å². The first-order chi connectivity index (χ1) is 8.65. The third kappa shape index (κ3) is 2.81. The van der Waals surface area contributed by atoms with Crippen LogP contribution in [0.15, 0.2) is 18.2 Å². The van der Waals surface area contributed by atoms with Crippen LogP contribution in [0.5, 0.6) is 5.75 Å². The van der Waals surface area contributed by atoms with Crippen LogP contribution in [-0.2, 0) is 4.79 Å². The van der Waals surface area contributed by atoms with Gasteiger partial charge in [0, 0.05) is 12.1 Å². The molecule has 1 aromatic carbocycles. The number of benzene rings is 1. The molecule has 0 saturated heterocycles. The smallest absolute Gasteiger partial charge is 0.210 e. The fourth-order valence-electron chi connectivity index (χ4n) is 2.10. The molecule has 1 unspecified atom stereocenters. The molecule has 0 spiro atoms. The van der Waals surface area contributed by atoms with Gasteiger partial charge in [-0.1, -0.05) is 0 Å². The Morgan fingerprint density at radius 1 is 1.56 bits per heavy atom. The van der Waals surface area contributed by atoms with Crippen molar-refractivity contribution in [3.8, 4) is 5.75 Å². The van der Waals surface area contributed by atoms with Gasteiger partial charge in [-0.2, -0.15) is 0 Å². The van der Waals surface area contributed by atoms with E-state index >= 15 is 0 Å². The molecule has 98 valence electrons. The average molecular weight is 251 g/mol. The standard InChI is InChI=1S/C14H18FNO2/c1-10(16(9-17)8-11-3-4-11)13-7-12(15)5-6-14(13)18-2/h5-7,9-11H,3-4,8H2,1-2H3. The van der Waals surface area contributed by atoms with E-state index < -0.39 is 0 Å². The van der Waals surface area contributed by atoms with E-state index in [1.807, 2.05) is 6.92 Å². The van der Waals surface area contributed by atoms with Crippen LogP contribution >= 0.6 is 0 Å². The first kappa shape index (κ1) is 12.9. The third-order valence-electron chi connectivity index (χ3n) is 3.44. The van der Waals surface area contributed by atoms with Crippen LogP contribution in [-0.4, -0.2) is 25.0 Å². The van der Waals surface area contributed by atoms with Gasteiger partial charge in [0.2, 0.25) is 6.41 Å². The van der Waals surface area contributed by atoms with E-state index in [0.29, 0.717) is 17.2 Å². The monoisotopic (exact) mass is 251 g/mol. The molecule has 4 heteroatoms. The minimum absolute atomic E-state index is 0.172. The minimum atomic E-state index is -0.310. The molecule has 2 rings (SSSR count). The molecule has 0 aliphatic heterocycles. The number of carbonyl (C=O) groups is 1. The van der Waals surface area contributed by atoms with E-state index in [0.717, 1.165) is 13.0 Å². The van der Waals surface area contributed by atoms with Gasteiger partial charge in [0.15, 0.2) is 0 Å². The molecule has 1 aromatic rings. The van der Waals surface area contributed by atoms with Crippen LogP contribution in [0, 0.1) is 11.7 Å². The molecule has 0 radical (unpaired) electrons. The molecule has 1 atom stereocenters. The van der Waals surface area contributed by atoms with Crippen molar-refractivity contribution in [3.63, 3.8) is 0 Å².